The van der Waals surface area contributed by atoms with Gasteiger partial charge >= 0.3 is 5.97 Å². The van der Waals surface area contributed by atoms with Crippen LogP contribution in [0.25, 0.3) is 0 Å². The summed E-state index contributed by atoms with van der Waals surface area (Å²) in [4.78, 5) is 21.3. The number of aliphatic carboxylic acids is 1. The fourth-order valence-electron chi connectivity index (χ4n) is 1.80. The van der Waals surface area contributed by atoms with E-state index in [1.165, 1.54) is 12.1 Å². The van der Waals surface area contributed by atoms with E-state index in [0.29, 0.717) is 17.7 Å². The minimum Gasteiger partial charge on any atom is -0.480 e. The van der Waals surface area contributed by atoms with Crippen molar-refractivity contribution in [3.8, 4) is 0 Å². The van der Waals surface area contributed by atoms with Crippen molar-refractivity contribution in [2.75, 3.05) is 5.32 Å². The van der Waals surface area contributed by atoms with Crippen molar-refractivity contribution < 1.29 is 14.8 Å². The van der Waals surface area contributed by atoms with Crippen molar-refractivity contribution >= 4 is 17.3 Å². The van der Waals surface area contributed by atoms with Gasteiger partial charge in [0.25, 0.3) is 5.69 Å². The molecule has 0 bridgehead atoms. The quantitative estimate of drug-likeness (QED) is 0.610. The number of nitro groups is 1. The van der Waals surface area contributed by atoms with Crippen LogP contribution in [0.3, 0.4) is 0 Å². The number of hydrogen-bond acceptors (Lipinski definition) is 4. The highest BCUT2D eigenvalue weighted by atomic mass is 16.6. The lowest BCUT2D eigenvalue weighted by molar-refractivity contribution is -0.384. The molecule has 1 rings (SSSR count). The van der Waals surface area contributed by atoms with Gasteiger partial charge in [0.2, 0.25) is 0 Å². The third-order valence-corrected chi connectivity index (χ3v) is 2.76. The number of non-ortho nitro benzene ring substituents is 1. The SMILES string of the molecule is Cc1cc([N+](=O)[O-])ccc1NC(CC(C)C)C(=O)O. The molecule has 0 amide bonds. The molecule has 1 aromatic rings. The van der Waals surface area contributed by atoms with Crippen molar-refractivity contribution in [3.63, 3.8) is 0 Å². The molecule has 0 aliphatic heterocycles. The third kappa shape index (κ3) is 4.24. The number of rotatable bonds is 6. The van der Waals surface area contributed by atoms with E-state index in [1.807, 2.05) is 13.8 Å². The fourth-order valence-corrected chi connectivity index (χ4v) is 1.80. The Labute approximate surface area is 111 Å². The Bertz CT molecular complexity index is 486. The number of aryl methyl sites for hydroxylation is 1. The normalized spacial score (nSPS) is 12.2. The van der Waals surface area contributed by atoms with Crippen LogP contribution in [-0.2, 0) is 4.79 Å². The van der Waals surface area contributed by atoms with E-state index in [4.69, 9.17) is 5.11 Å². The van der Waals surface area contributed by atoms with Gasteiger partial charge in [0.15, 0.2) is 0 Å². The van der Waals surface area contributed by atoms with Gasteiger partial charge in [-0.15, -0.1) is 0 Å². The van der Waals surface area contributed by atoms with Crippen molar-refractivity contribution in [3.05, 3.63) is 33.9 Å². The number of nitrogens with one attached hydrogen (secondary N) is 1. The second-order valence-corrected chi connectivity index (χ2v) is 4.92. The number of carboxylic acid groups (broad SMARTS) is 1. The second kappa shape index (κ2) is 6.17. The lowest BCUT2D eigenvalue weighted by Gasteiger charge is -2.18. The van der Waals surface area contributed by atoms with E-state index in [-0.39, 0.29) is 11.6 Å². The highest BCUT2D eigenvalue weighted by Gasteiger charge is 2.19. The molecule has 0 aromatic heterocycles. The molecule has 0 saturated carbocycles. The highest BCUT2D eigenvalue weighted by molar-refractivity contribution is 5.77. The van der Waals surface area contributed by atoms with Crippen LogP contribution in [0.1, 0.15) is 25.8 Å². The number of hydrogen-bond donors (Lipinski definition) is 2. The lowest BCUT2D eigenvalue weighted by atomic mass is 10.0. The summed E-state index contributed by atoms with van der Waals surface area (Å²) in [7, 11) is 0. The maximum atomic E-state index is 11.2. The molecule has 1 aromatic carbocycles. The summed E-state index contributed by atoms with van der Waals surface area (Å²) < 4.78 is 0. The largest absolute Gasteiger partial charge is 0.480 e. The summed E-state index contributed by atoms with van der Waals surface area (Å²) in [6.45, 7) is 5.60. The van der Waals surface area contributed by atoms with Gasteiger partial charge in [0.1, 0.15) is 6.04 Å². The average Bonchev–Trinajstić information content (AvgIpc) is 2.29. The first-order valence-corrected chi connectivity index (χ1v) is 6.05. The Morgan fingerprint density at radius 1 is 1.47 bits per heavy atom. The summed E-state index contributed by atoms with van der Waals surface area (Å²) >= 11 is 0. The molecule has 2 N–H and O–H groups in total. The Hall–Kier alpha value is -2.11. The Morgan fingerprint density at radius 3 is 2.53 bits per heavy atom. The van der Waals surface area contributed by atoms with Crippen LogP contribution in [0.5, 0.6) is 0 Å². The molecular formula is C13H18N2O4. The molecule has 0 aliphatic rings. The summed E-state index contributed by atoms with van der Waals surface area (Å²) in [5, 5.41) is 22.7. The number of benzene rings is 1. The van der Waals surface area contributed by atoms with Gasteiger partial charge in [-0.05, 0) is 30.9 Å². The number of carboxylic acids is 1. The molecular weight excluding hydrogens is 248 g/mol. The Morgan fingerprint density at radius 2 is 2.11 bits per heavy atom. The minimum atomic E-state index is -0.925. The van der Waals surface area contributed by atoms with Gasteiger partial charge in [-0.1, -0.05) is 13.8 Å². The maximum Gasteiger partial charge on any atom is 0.326 e. The van der Waals surface area contributed by atoms with Crippen molar-refractivity contribution in [1.82, 2.24) is 0 Å². The first-order valence-electron chi connectivity index (χ1n) is 6.05. The molecule has 104 valence electrons. The molecule has 6 nitrogen and oxygen atoms in total. The van der Waals surface area contributed by atoms with Gasteiger partial charge in [0, 0.05) is 17.8 Å². The number of carbonyl (C=O) groups is 1. The van der Waals surface area contributed by atoms with E-state index < -0.39 is 16.9 Å². The van der Waals surface area contributed by atoms with E-state index in [1.54, 1.807) is 13.0 Å². The van der Waals surface area contributed by atoms with Crippen LogP contribution in [0.2, 0.25) is 0 Å². The van der Waals surface area contributed by atoms with Crippen LogP contribution >= 0.6 is 0 Å². The molecule has 0 heterocycles. The number of anilines is 1. The first kappa shape index (κ1) is 14.9. The van der Waals surface area contributed by atoms with Gasteiger partial charge in [-0.2, -0.15) is 0 Å². The molecule has 0 spiro atoms. The van der Waals surface area contributed by atoms with Crippen LogP contribution in [-0.4, -0.2) is 22.0 Å². The zero-order chi connectivity index (χ0) is 14.6. The molecule has 0 radical (unpaired) electrons. The van der Waals surface area contributed by atoms with Gasteiger partial charge in [-0.25, -0.2) is 4.79 Å². The topological polar surface area (TPSA) is 92.5 Å². The standard InChI is InChI=1S/C13H18N2O4/c1-8(2)6-12(13(16)17)14-11-5-4-10(15(18)19)7-9(11)3/h4-5,7-8,12,14H,6H2,1-3H3,(H,16,17). The molecule has 0 fully saturated rings. The van der Waals surface area contributed by atoms with E-state index in [9.17, 15) is 14.9 Å². The summed E-state index contributed by atoms with van der Waals surface area (Å²) in [5.41, 5.74) is 1.27. The third-order valence-electron chi connectivity index (χ3n) is 2.76. The minimum absolute atomic E-state index is 0.00113. The van der Waals surface area contributed by atoms with E-state index in [0.717, 1.165) is 0 Å². The van der Waals surface area contributed by atoms with Crippen LogP contribution in [0.4, 0.5) is 11.4 Å². The van der Waals surface area contributed by atoms with Crippen LogP contribution in [0, 0.1) is 23.0 Å². The molecule has 19 heavy (non-hydrogen) atoms. The van der Waals surface area contributed by atoms with Gasteiger partial charge < -0.3 is 10.4 Å². The predicted molar refractivity (Wildman–Crippen MR) is 72.3 cm³/mol. The first-order chi connectivity index (χ1) is 8.81. The second-order valence-electron chi connectivity index (χ2n) is 4.92. The number of nitro benzene ring substituents is 1. The van der Waals surface area contributed by atoms with Crippen molar-refractivity contribution in [1.29, 1.82) is 0 Å². The highest BCUT2D eigenvalue weighted by Crippen LogP contribution is 2.23. The van der Waals surface area contributed by atoms with Crippen LogP contribution in [0.15, 0.2) is 18.2 Å². The van der Waals surface area contributed by atoms with Crippen molar-refractivity contribution in [2.45, 2.75) is 33.2 Å². The molecule has 0 aliphatic carbocycles. The lowest BCUT2D eigenvalue weighted by Crippen LogP contribution is -2.31. The van der Waals surface area contributed by atoms with E-state index in [2.05, 4.69) is 5.32 Å². The zero-order valence-corrected chi connectivity index (χ0v) is 11.2. The van der Waals surface area contributed by atoms with Crippen molar-refractivity contribution in [2.24, 2.45) is 5.92 Å². The molecule has 1 atom stereocenters. The monoisotopic (exact) mass is 266 g/mol. The average molecular weight is 266 g/mol. The Balaban J connectivity index is 2.91. The summed E-state index contributed by atoms with van der Waals surface area (Å²) in [6.07, 6.45) is 0.492. The smallest absolute Gasteiger partial charge is 0.326 e. The molecule has 6 heteroatoms. The summed E-state index contributed by atoms with van der Waals surface area (Å²) in [5.74, 6) is -0.682. The summed E-state index contributed by atoms with van der Waals surface area (Å²) in [6, 6.07) is 3.64. The van der Waals surface area contributed by atoms with E-state index >= 15 is 0 Å². The Kier molecular flexibility index (Phi) is 4.86. The number of nitrogens with zero attached hydrogens (tertiary/aromatic N) is 1. The van der Waals surface area contributed by atoms with Crippen LogP contribution < -0.4 is 5.32 Å². The zero-order valence-electron chi connectivity index (χ0n) is 11.2. The fraction of sp³-hybridized carbons (Fsp3) is 0.462. The van der Waals surface area contributed by atoms with Gasteiger partial charge in [0.05, 0.1) is 4.92 Å². The van der Waals surface area contributed by atoms with Gasteiger partial charge in [-0.3, -0.25) is 10.1 Å². The molecule has 0 saturated heterocycles. The molecule has 1 unspecified atom stereocenters. The maximum absolute atomic E-state index is 11.2. The predicted octanol–water partition coefficient (Wildman–Crippen LogP) is 2.81.